The van der Waals surface area contributed by atoms with Gasteiger partial charge in [-0.25, -0.2) is 0 Å². The summed E-state index contributed by atoms with van der Waals surface area (Å²) in [5.74, 6) is 0. The molecule has 19 heavy (non-hydrogen) atoms. The van der Waals surface area contributed by atoms with Crippen LogP contribution in [-0.4, -0.2) is 21.5 Å². The maximum absolute atomic E-state index is 10.0. The van der Waals surface area contributed by atoms with E-state index >= 15 is 0 Å². The summed E-state index contributed by atoms with van der Waals surface area (Å²) in [4.78, 5) is 0. The number of aryl methyl sites for hydroxylation is 2. The van der Waals surface area contributed by atoms with Crippen molar-refractivity contribution in [1.82, 2.24) is 9.78 Å². The summed E-state index contributed by atoms with van der Waals surface area (Å²) < 4.78 is 1.83. The first-order valence-electron chi connectivity index (χ1n) is 6.91. The zero-order chi connectivity index (χ0) is 13.3. The second-order valence-electron chi connectivity index (χ2n) is 5.61. The molecule has 1 heterocycles. The van der Waals surface area contributed by atoms with Crippen LogP contribution in [0.2, 0.25) is 0 Å². The Labute approximate surface area is 113 Å². The largest absolute Gasteiger partial charge is 0.395 e. The number of benzene rings is 1. The van der Waals surface area contributed by atoms with Gasteiger partial charge in [0.1, 0.15) is 0 Å². The van der Waals surface area contributed by atoms with Crippen molar-refractivity contribution in [3.05, 3.63) is 53.3 Å². The molecule has 0 amide bonds. The molecule has 1 atom stereocenters. The first-order chi connectivity index (χ1) is 9.23. The van der Waals surface area contributed by atoms with E-state index < -0.39 is 0 Å². The van der Waals surface area contributed by atoms with Crippen LogP contribution in [0.15, 0.2) is 36.5 Å². The van der Waals surface area contributed by atoms with E-state index in [2.05, 4.69) is 35.4 Å². The van der Waals surface area contributed by atoms with Gasteiger partial charge in [-0.05, 0) is 36.5 Å². The summed E-state index contributed by atoms with van der Waals surface area (Å²) in [6, 6.07) is 10.6. The Balaban J connectivity index is 2.00. The summed E-state index contributed by atoms with van der Waals surface area (Å²) in [6.45, 7) is 0.195. The van der Waals surface area contributed by atoms with E-state index in [-0.39, 0.29) is 12.0 Å². The van der Waals surface area contributed by atoms with Crippen LogP contribution < -0.4 is 0 Å². The van der Waals surface area contributed by atoms with Crippen LogP contribution in [0, 0.1) is 0 Å². The molecule has 1 aromatic carbocycles. The van der Waals surface area contributed by atoms with Crippen molar-refractivity contribution >= 4 is 0 Å². The number of aromatic nitrogens is 2. The fourth-order valence-corrected chi connectivity index (χ4v) is 3.32. The molecule has 1 unspecified atom stereocenters. The van der Waals surface area contributed by atoms with Gasteiger partial charge in [0.2, 0.25) is 0 Å². The SMILES string of the molecule is Cn1ccc(CC2(CO)CCCc3ccccc32)n1. The lowest BCUT2D eigenvalue weighted by atomic mass is 9.68. The minimum atomic E-state index is -0.150. The fraction of sp³-hybridized carbons (Fsp3) is 0.438. The quantitative estimate of drug-likeness (QED) is 0.914. The van der Waals surface area contributed by atoms with Crippen molar-refractivity contribution in [3.63, 3.8) is 0 Å². The van der Waals surface area contributed by atoms with Crippen molar-refractivity contribution in [2.75, 3.05) is 6.61 Å². The Bertz CT molecular complexity index is 576. The summed E-state index contributed by atoms with van der Waals surface area (Å²) >= 11 is 0. The Hall–Kier alpha value is -1.61. The third-order valence-corrected chi connectivity index (χ3v) is 4.28. The molecular weight excluding hydrogens is 236 g/mol. The number of hydrogen-bond donors (Lipinski definition) is 1. The van der Waals surface area contributed by atoms with Crippen LogP contribution in [-0.2, 0) is 25.3 Å². The zero-order valence-electron chi connectivity index (χ0n) is 11.3. The first kappa shape index (κ1) is 12.4. The molecule has 1 aromatic heterocycles. The zero-order valence-corrected chi connectivity index (χ0v) is 11.3. The second kappa shape index (κ2) is 4.82. The van der Waals surface area contributed by atoms with Gasteiger partial charge in [-0.2, -0.15) is 5.10 Å². The number of aliphatic hydroxyl groups excluding tert-OH is 1. The highest BCUT2D eigenvalue weighted by Crippen LogP contribution is 2.39. The van der Waals surface area contributed by atoms with Crippen LogP contribution in [0.4, 0.5) is 0 Å². The molecule has 0 radical (unpaired) electrons. The van der Waals surface area contributed by atoms with E-state index in [1.807, 2.05) is 17.9 Å². The molecule has 0 aliphatic heterocycles. The second-order valence-corrected chi connectivity index (χ2v) is 5.61. The Morgan fingerprint density at radius 1 is 1.32 bits per heavy atom. The third-order valence-electron chi connectivity index (χ3n) is 4.28. The van der Waals surface area contributed by atoms with Crippen LogP contribution in [0.3, 0.4) is 0 Å². The number of hydrogen-bond acceptors (Lipinski definition) is 2. The third kappa shape index (κ3) is 2.19. The van der Waals surface area contributed by atoms with Crippen LogP contribution in [0.5, 0.6) is 0 Å². The Morgan fingerprint density at radius 2 is 2.16 bits per heavy atom. The van der Waals surface area contributed by atoms with Gasteiger partial charge in [0, 0.05) is 25.1 Å². The lowest BCUT2D eigenvalue weighted by molar-refractivity contribution is 0.172. The Kier molecular flexibility index (Phi) is 3.15. The van der Waals surface area contributed by atoms with Crippen molar-refractivity contribution in [3.8, 4) is 0 Å². The lowest BCUT2D eigenvalue weighted by Gasteiger charge is -2.37. The predicted molar refractivity (Wildman–Crippen MR) is 75.1 cm³/mol. The number of aliphatic hydroxyl groups is 1. The summed E-state index contributed by atoms with van der Waals surface area (Å²) in [6.07, 6.45) is 6.10. The van der Waals surface area contributed by atoms with Crippen molar-refractivity contribution in [2.45, 2.75) is 31.1 Å². The van der Waals surface area contributed by atoms with Gasteiger partial charge in [-0.3, -0.25) is 4.68 Å². The maximum atomic E-state index is 10.0. The van der Waals surface area contributed by atoms with Crippen molar-refractivity contribution < 1.29 is 5.11 Å². The van der Waals surface area contributed by atoms with Gasteiger partial charge < -0.3 is 5.11 Å². The summed E-state index contributed by atoms with van der Waals surface area (Å²) in [5, 5.41) is 14.5. The van der Waals surface area contributed by atoms with E-state index in [0.29, 0.717) is 0 Å². The summed E-state index contributed by atoms with van der Waals surface area (Å²) in [7, 11) is 1.93. The van der Waals surface area contributed by atoms with E-state index in [1.54, 1.807) is 0 Å². The van der Waals surface area contributed by atoms with Crippen molar-refractivity contribution in [1.29, 1.82) is 0 Å². The number of rotatable bonds is 3. The molecule has 3 heteroatoms. The normalized spacial score (nSPS) is 22.2. The van der Waals surface area contributed by atoms with Gasteiger partial charge >= 0.3 is 0 Å². The fourth-order valence-electron chi connectivity index (χ4n) is 3.32. The minimum Gasteiger partial charge on any atom is -0.395 e. The Morgan fingerprint density at radius 3 is 2.89 bits per heavy atom. The monoisotopic (exact) mass is 256 g/mol. The lowest BCUT2D eigenvalue weighted by Crippen LogP contribution is -2.37. The molecule has 0 bridgehead atoms. The van der Waals surface area contributed by atoms with Gasteiger partial charge in [-0.15, -0.1) is 0 Å². The van der Waals surface area contributed by atoms with Crippen LogP contribution in [0.1, 0.15) is 29.7 Å². The standard InChI is InChI=1S/C16H20N2O/c1-18-10-8-14(17-18)11-16(12-19)9-4-6-13-5-2-3-7-15(13)16/h2-3,5,7-8,10,19H,4,6,9,11-12H2,1H3. The van der Waals surface area contributed by atoms with Gasteiger partial charge in [0.25, 0.3) is 0 Å². The molecular formula is C16H20N2O. The van der Waals surface area contributed by atoms with Gasteiger partial charge in [-0.1, -0.05) is 24.3 Å². The summed E-state index contributed by atoms with van der Waals surface area (Å²) in [5.41, 5.74) is 3.62. The molecule has 0 saturated carbocycles. The molecule has 1 aliphatic carbocycles. The number of fused-ring (bicyclic) bond motifs is 1. The molecule has 1 aliphatic rings. The molecule has 100 valence electrons. The van der Waals surface area contributed by atoms with E-state index in [9.17, 15) is 5.11 Å². The molecule has 0 saturated heterocycles. The average Bonchev–Trinajstić information content (AvgIpc) is 2.84. The van der Waals surface area contributed by atoms with E-state index in [4.69, 9.17) is 0 Å². The van der Waals surface area contributed by atoms with E-state index in [1.165, 1.54) is 11.1 Å². The van der Waals surface area contributed by atoms with Crippen LogP contribution >= 0.6 is 0 Å². The van der Waals surface area contributed by atoms with Crippen molar-refractivity contribution in [2.24, 2.45) is 7.05 Å². The smallest absolute Gasteiger partial charge is 0.0634 e. The first-order valence-corrected chi connectivity index (χ1v) is 6.91. The predicted octanol–water partition coefficient (Wildman–Crippen LogP) is 2.23. The number of nitrogens with zero attached hydrogens (tertiary/aromatic N) is 2. The van der Waals surface area contributed by atoms with Gasteiger partial charge in [0.15, 0.2) is 0 Å². The van der Waals surface area contributed by atoms with Gasteiger partial charge in [0.05, 0.1) is 12.3 Å². The highest BCUT2D eigenvalue weighted by atomic mass is 16.3. The molecule has 0 fully saturated rings. The van der Waals surface area contributed by atoms with E-state index in [0.717, 1.165) is 31.4 Å². The molecule has 1 N–H and O–H groups in total. The molecule has 0 spiro atoms. The molecule has 2 aromatic rings. The minimum absolute atomic E-state index is 0.150. The maximum Gasteiger partial charge on any atom is 0.0634 e. The van der Waals surface area contributed by atoms with Crippen LogP contribution in [0.25, 0.3) is 0 Å². The highest BCUT2D eigenvalue weighted by molar-refractivity contribution is 5.38. The highest BCUT2D eigenvalue weighted by Gasteiger charge is 2.36. The molecule has 3 nitrogen and oxygen atoms in total. The average molecular weight is 256 g/mol. The molecule has 3 rings (SSSR count). The topological polar surface area (TPSA) is 38.0 Å².